The molecule has 18 heavy (non-hydrogen) atoms. The molecule has 0 aliphatic heterocycles. The van der Waals surface area contributed by atoms with Gasteiger partial charge in [0.2, 0.25) is 5.88 Å². The number of anilines is 2. The van der Waals surface area contributed by atoms with E-state index in [2.05, 4.69) is 34.7 Å². The van der Waals surface area contributed by atoms with Crippen molar-refractivity contribution in [2.75, 3.05) is 18.2 Å². The third-order valence-corrected chi connectivity index (χ3v) is 3.48. The van der Waals surface area contributed by atoms with Crippen molar-refractivity contribution in [3.05, 3.63) is 34.5 Å². The molecule has 0 aromatic carbocycles. The van der Waals surface area contributed by atoms with E-state index in [4.69, 9.17) is 10.5 Å². The first-order chi connectivity index (χ1) is 8.69. The molecule has 0 fully saturated rings. The van der Waals surface area contributed by atoms with Crippen molar-refractivity contribution in [3.8, 4) is 5.88 Å². The lowest BCUT2D eigenvalue weighted by atomic mass is 10.2. The fourth-order valence-corrected chi connectivity index (χ4v) is 2.53. The van der Waals surface area contributed by atoms with Crippen LogP contribution in [0.25, 0.3) is 0 Å². The molecule has 0 aliphatic rings. The standard InChI is InChI=1S/C13H17N3OS/c1-9(8-10-4-3-7-18-10)15-13-11(14)5-6-12(16-13)17-2/h3-7,9H,8,14H2,1-2H3,(H,15,16). The number of ether oxygens (including phenoxy) is 1. The molecule has 2 heterocycles. The molecule has 2 aromatic rings. The smallest absolute Gasteiger partial charge is 0.215 e. The number of methoxy groups -OCH3 is 1. The number of aromatic nitrogens is 1. The van der Waals surface area contributed by atoms with Crippen molar-refractivity contribution in [2.45, 2.75) is 19.4 Å². The topological polar surface area (TPSA) is 60.2 Å². The molecule has 0 amide bonds. The van der Waals surface area contributed by atoms with E-state index in [1.54, 1.807) is 30.6 Å². The van der Waals surface area contributed by atoms with Gasteiger partial charge in [-0.05, 0) is 24.4 Å². The number of nitrogen functional groups attached to an aromatic ring is 1. The maximum atomic E-state index is 5.89. The van der Waals surface area contributed by atoms with Crippen molar-refractivity contribution in [1.82, 2.24) is 4.98 Å². The van der Waals surface area contributed by atoms with E-state index in [1.807, 2.05) is 0 Å². The van der Waals surface area contributed by atoms with Crippen molar-refractivity contribution in [1.29, 1.82) is 0 Å². The largest absolute Gasteiger partial charge is 0.481 e. The second-order valence-electron chi connectivity index (χ2n) is 4.12. The summed E-state index contributed by atoms with van der Waals surface area (Å²) in [7, 11) is 1.59. The molecule has 1 unspecified atom stereocenters. The fraction of sp³-hybridized carbons (Fsp3) is 0.308. The summed E-state index contributed by atoms with van der Waals surface area (Å²) in [5.74, 6) is 1.24. The first kappa shape index (κ1) is 12.7. The van der Waals surface area contributed by atoms with Crippen LogP contribution >= 0.6 is 11.3 Å². The van der Waals surface area contributed by atoms with E-state index in [-0.39, 0.29) is 6.04 Å². The first-order valence-corrected chi connectivity index (χ1v) is 6.66. The minimum Gasteiger partial charge on any atom is -0.481 e. The molecule has 4 nitrogen and oxygen atoms in total. The van der Waals surface area contributed by atoms with Gasteiger partial charge in [-0.1, -0.05) is 6.07 Å². The number of rotatable bonds is 5. The van der Waals surface area contributed by atoms with E-state index in [0.29, 0.717) is 17.4 Å². The van der Waals surface area contributed by atoms with E-state index in [9.17, 15) is 0 Å². The normalized spacial score (nSPS) is 12.1. The average molecular weight is 263 g/mol. The summed E-state index contributed by atoms with van der Waals surface area (Å²) in [4.78, 5) is 5.65. The molecule has 0 saturated carbocycles. The highest BCUT2D eigenvalue weighted by atomic mass is 32.1. The van der Waals surface area contributed by atoms with Gasteiger partial charge < -0.3 is 15.8 Å². The summed E-state index contributed by atoms with van der Waals surface area (Å²) >= 11 is 1.76. The number of hydrogen-bond acceptors (Lipinski definition) is 5. The Morgan fingerprint density at radius 2 is 2.28 bits per heavy atom. The van der Waals surface area contributed by atoms with Crippen LogP contribution < -0.4 is 15.8 Å². The van der Waals surface area contributed by atoms with E-state index in [1.165, 1.54) is 4.88 Å². The number of pyridine rings is 1. The van der Waals surface area contributed by atoms with Gasteiger partial charge in [0.05, 0.1) is 12.8 Å². The van der Waals surface area contributed by atoms with Gasteiger partial charge in [-0.15, -0.1) is 11.3 Å². The Morgan fingerprint density at radius 3 is 2.94 bits per heavy atom. The van der Waals surface area contributed by atoms with Gasteiger partial charge in [-0.3, -0.25) is 0 Å². The average Bonchev–Trinajstić information content (AvgIpc) is 2.84. The Balaban J connectivity index is 2.04. The van der Waals surface area contributed by atoms with Crippen LogP contribution in [0.4, 0.5) is 11.5 Å². The predicted octanol–water partition coefficient (Wildman–Crippen LogP) is 2.78. The van der Waals surface area contributed by atoms with Crippen molar-refractivity contribution >= 4 is 22.8 Å². The number of nitrogens with two attached hydrogens (primary N) is 1. The summed E-state index contributed by atoms with van der Waals surface area (Å²) < 4.78 is 5.09. The highest BCUT2D eigenvalue weighted by molar-refractivity contribution is 7.09. The molecule has 0 aliphatic carbocycles. The summed E-state index contributed by atoms with van der Waals surface area (Å²) in [5, 5.41) is 5.40. The highest BCUT2D eigenvalue weighted by Crippen LogP contribution is 2.21. The van der Waals surface area contributed by atoms with Gasteiger partial charge in [-0.25, -0.2) is 0 Å². The van der Waals surface area contributed by atoms with Gasteiger partial charge in [0, 0.05) is 23.4 Å². The molecule has 1 atom stereocenters. The predicted molar refractivity (Wildman–Crippen MR) is 76.3 cm³/mol. The van der Waals surface area contributed by atoms with E-state index in [0.717, 1.165) is 6.42 Å². The number of hydrogen-bond donors (Lipinski definition) is 2. The van der Waals surface area contributed by atoms with Gasteiger partial charge in [-0.2, -0.15) is 4.98 Å². The highest BCUT2D eigenvalue weighted by Gasteiger charge is 2.08. The molecular formula is C13H17N3OS. The van der Waals surface area contributed by atoms with Crippen molar-refractivity contribution in [2.24, 2.45) is 0 Å². The van der Waals surface area contributed by atoms with Gasteiger partial charge in [0.15, 0.2) is 5.82 Å². The summed E-state index contributed by atoms with van der Waals surface area (Å²) in [5.41, 5.74) is 6.52. The van der Waals surface area contributed by atoms with Crippen LogP contribution in [0.3, 0.4) is 0 Å². The zero-order valence-corrected chi connectivity index (χ0v) is 11.3. The molecule has 0 radical (unpaired) electrons. The number of nitrogens with one attached hydrogen (secondary N) is 1. The molecule has 5 heteroatoms. The zero-order valence-electron chi connectivity index (χ0n) is 10.5. The summed E-state index contributed by atoms with van der Waals surface area (Å²) in [6.45, 7) is 2.11. The van der Waals surface area contributed by atoms with Gasteiger partial charge >= 0.3 is 0 Å². The molecule has 0 bridgehead atoms. The summed E-state index contributed by atoms with van der Waals surface area (Å²) in [6.07, 6.45) is 0.954. The third-order valence-electron chi connectivity index (χ3n) is 2.58. The van der Waals surface area contributed by atoms with Crippen LogP contribution in [0.5, 0.6) is 5.88 Å². The maximum Gasteiger partial charge on any atom is 0.215 e. The molecule has 0 spiro atoms. The minimum atomic E-state index is 0.269. The van der Waals surface area contributed by atoms with E-state index < -0.39 is 0 Å². The van der Waals surface area contributed by atoms with Crippen LogP contribution in [0.1, 0.15) is 11.8 Å². The molecule has 2 aromatic heterocycles. The second kappa shape index (κ2) is 5.73. The Labute approximate surface area is 111 Å². The lowest BCUT2D eigenvalue weighted by molar-refractivity contribution is 0.398. The fourth-order valence-electron chi connectivity index (χ4n) is 1.70. The zero-order chi connectivity index (χ0) is 13.0. The van der Waals surface area contributed by atoms with Crippen LogP contribution in [-0.4, -0.2) is 18.1 Å². The monoisotopic (exact) mass is 263 g/mol. The van der Waals surface area contributed by atoms with Crippen LogP contribution in [0.15, 0.2) is 29.6 Å². The lowest BCUT2D eigenvalue weighted by Crippen LogP contribution is -2.19. The van der Waals surface area contributed by atoms with Crippen molar-refractivity contribution in [3.63, 3.8) is 0 Å². The summed E-state index contributed by atoms with van der Waals surface area (Å²) in [6, 6.07) is 8.01. The minimum absolute atomic E-state index is 0.269. The Morgan fingerprint density at radius 1 is 1.44 bits per heavy atom. The Bertz CT molecular complexity index is 499. The Hall–Kier alpha value is -1.75. The molecule has 0 saturated heterocycles. The maximum absolute atomic E-state index is 5.89. The van der Waals surface area contributed by atoms with Crippen molar-refractivity contribution < 1.29 is 4.74 Å². The van der Waals surface area contributed by atoms with E-state index >= 15 is 0 Å². The van der Waals surface area contributed by atoms with Crippen LogP contribution in [-0.2, 0) is 6.42 Å². The van der Waals surface area contributed by atoms with Gasteiger partial charge in [0.1, 0.15) is 0 Å². The quantitative estimate of drug-likeness (QED) is 0.871. The molecule has 2 rings (SSSR count). The van der Waals surface area contributed by atoms with Crippen LogP contribution in [0, 0.1) is 0 Å². The van der Waals surface area contributed by atoms with Gasteiger partial charge in [0.25, 0.3) is 0 Å². The SMILES string of the molecule is COc1ccc(N)c(NC(C)Cc2cccs2)n1. The third kappa shape index (κ3) is 3.13. The molecule has 96 valence electrons. The Kier molecular flexibility index (Phi) is 4.04. The number of nitrogens with zero attached hydrogens (tertiary/aromatic N) is 1. The lowest BCUT2D eigenvalue weighted by Gasteiger charge is -2.15. The first-order valence-electron chi connectivity index (χ1n) is 5.78. The van der Waals surface area contributed by atoms with Crippen LogP contribution in [0.2, 0.25) is 0 Å². The molecule has 3 N–H and O–H groups in total. The number of thiophene rings is 1. The second-order valence-corrected chi connectivity index (χ2v) is 5.15. The molecular weight excluding hydrogens is 246 g/mol.